The molecule has 1 aliphatic heterocycles. The Morgan fingerprint density at radius 1 is 1.45 bits per heavy atom. The summed E-state index contributed by atoms with van der Waals surface area (Å²) in [6.45, 7) is 8.06. The number of carbonyl (C=O) groups is 1. The minimum atomic E-state index is -0.867. The van der Waals surface area contributed by atoms with Crippen molar-refractivity contribution in [2.45, 2.75) is 32.7 Å². The first-order chi connectivity index (χ1) is 9.31. The van der Waals surface area contributed by atoms with Gasteiger partial charge in [0.25, 0.3) is 0 Å². The van der Waals surface area contributed by atoms with Crippen LogP contribution in [0.5, 0.6) is 0 Å². The highest BCUT2D eigenvalue weighted by atomic mass is 32.1. The van der Waals surface area contributed by atoms with Crippen LogP contribution >= 0.6 is 11.3 Å². The van der Waals surface area contributed by atoms with Crippen LogP contribution in [0.15, 0.2) is 0 Å². The molecule has 0 bridgehead atoms. The van der Waals surface area contributed by atoms with Crippen LogP contribution in [0.1, 0.15) is 42.1 Å². The number of anilines is 1. The molecule has 0 amide bonds. The van der Waals surface area contributed by atoms with Gasteiger partial charge in [-0.25, -0.2) is 9.78 Å². The summed E-state index contributed by atoms with van der Waals surface area (Å²) in [7, 11) is 4.18. The van der Waals surface area contributed by atoms with Gasteiger partial charge >= 0.3 is 5.97 Å². The van der Waals surface area contributed by atoms with Crippen LogP contribution in [-0.2, 0) is 0 Å². The third kappa shape index (κ3) is 2.81. The lowest BCUT2D eigenvalue weighted by atomic mass is 10.1. The number of aromatic carboxylic acids is 1. The molecule has 0 aliphatic carbocycles. The second-order valence-electron chi connectivity index (χ2n) is 6.08. The molecule has 2 unspecified atom stereocenters. The molecule has 2 heterocycles. The zero-order chi connectivity index (χ0) is 15.0. The molecule has 2 rings (SSSR count). The lowest BCUT2D eigenvalue weighted by Gasteiger charge is -2.22. The number of hydrogen-bond donors (Lipinski definition) is 1. The van der Waals surface area contributed by atoms with E-state index in [1.165, 1.54) is 11.3 Å². The number of nitrogens with zero attached hydrogens (tertiary/aromatic N) is 3. The van der Waals surface area contributed by atoms with Gasteiger partial charge in [-0.1, -0.05) is 32.1 Å². The quantitative estimate of drug-likeness (QED) is 0.924. The highest BCUT2D eigenvalue weighted by Gasteiger charge is 2.33. The summed E-state index contributed by atoms with van der Waals surface area (Å²) in [6.07, 6.45) is 0. The summed E-state index contributed by atoms with van der Waals surface area (Å²) < 4.78 is 0. The molecule has 112 valence electrons. The predicted octanol–water partition coefficient (Wildman–Crippen LogP) is 2.35. The Morgan fingerprint density at radius 2 is 2.10 bits per heavy atom. The van der Waals surface area contributed by atoms with Crippen molar-refractivity contribution in [1.29, 1.82) is 0 Å². The van der Waals surface area contributed by atoms with Crippen molar-refractivity contribution in [3.8, 4) is 0 Å². The lowest BCUT2D eigenvalue weighted by Crippen LogP contribution is -2.34. The molecular formula is C14H23N3O2S. The number of thiazole rings is 1. The highest BCUT2D eigenvalue weighted by Crippen LogP contribution is 2.34. The number of likely N-dealkylation sites (N-methyl/N-ethyl adjacent to an activating group) is 1. The van der Waals surface area contributed by atoms with E-state index in [-0.39, 0.29) is 5.92 Å². The van der Waals surface area contributed by atoms with Gasteiger partial charge < -0.3 is 14.9 Å². The summed E-state index contributed by atoms with van der Waals surface area (Å²) in [5, 5.41) is 10.2. The Morgan fingerprint density at radius 3 is 2.50 bits per heavy atom. The standard InChI is InChI=1S/C14H23N3O2S/c1-8(2)11-12(13(18)19)20-14(15-11)17-6-9(3)10(7-17)16(4)5/h8-10H,6-7H2,1-5H3,(H,18,19). The Bertz CT molecular complexity index is 499. The van der Waals surface area contributed by atoms with Crippen molar-refractivity contribution < 1.29 is 9.90 Å². The maximum Gasteiger partial charge on any atom is 0.347 e. The molecule has 1 fully saturated rings. The second-order valence-corrected chi connectivity index (χ2v) is 7.06. The van der Waals surface area contributed by atoms with Crippen molar-refractivity contribution in [1.82, 2.24) is 9.88 Å². The van der Waals surface area contributed by atoms with Gasteiger partial charge in [0.15, 0.2) is 5.13 Å². The molecule has 1 aliphatic rings. The van der Waals surface area contributed by atoms with Crippen molar-refractivity contribution in [3.63, 3.8) is 0 Å². The van der Waals surface area contributed by atoms with Crippen LogP contribution in [0.25, 0.3) is 0 Å². The third-order valence-corrected chi connectivity index (χ3v) is 5.01. The molecule has 0 saturated carbocycles. The van der Waals surface area contributed by atoms with E-state index in [0.717, 1.165) is 18.2 Å². The van der Waals surface area contributed by atoms with Crippen LogP contribution in [0.4, 0.5) is 5.13 Å². The molecule has 20 heavy (non-hydrogen) atoms. The normalized spacial score (nSPS) is 23.1. The van der Waals surface area contributed by atoms with Crippen molar-refractivity contribution >= 4 is 22.4 Å². The van der Waals surface area contributed by atoms with E-state index in [1.54, 1.807) is 0 Å². The smallest absolute Gasteiger partial charge is 0.347 e. The fraction of sp³-hybridized carbons (Fsp3) is 0.714. The van der Waals surface area contributed by atoms with Crippen molar-refractivity contribution in [3.05, 3.63) is 10.6 Å². The Kier molecular flexibility index (Phi) is 4.34. The summed E-state index contributed by atoms with van der Waals surface area (Å²) in [6, 6.07) is 0.495. The molecule has 0 aromatic carbocycles. The SMILES string of the molecule is CC(C)c1nc(N2CC(C)C(N(C)C)C2)sc1C(=O)O. The summed E-state index contributed by atoms with van der Waals surface area (Å²) >= 11 is 1.31. The molecule has 1 aromatic heterocycles. The molecular weight excluding hydrogens is 274 g/mol. The monoisotopic (exact) mass is 297 g/mol. The maximum atomic E-state index is 11.3. The minimum absolute atomic E-state index is 0.135. The second kappa shape index (κ2) is 5.69. The van der Waals surface area contributed by atoms with Gasteiger partial charge in [0.1, 0.15) is 4.88 Å². The van der Waals surface area contributed by atoms with Crippen LogP contribution in [0, 0.1) is 5.92 Å². The molecule has 1 aromatic rings. The van der Waals surface area contributed by atoms with Crippen LogP contribution in [0.3, 0.4) is 0 Å². The predicted molar refractivity (Wildman–Crippen MR) is 82.0 cm³/mol. The van der Waals surface area contributed by atoms with E-state index in [1.807, 2.05) is 13.8 Å². The first-order valence-electron chi connectivity index (χ1n) is 6.96. The van der Waals surface area contributed by atoms with Crippen molar-refractivity contribution in [2.75, 3.05) is 32.1 Å². The first-order valence-corrected chi connectivity index (χ1v) is 7.78. The fourth-order valence-electron chi connectivity index (χ4n) is 2.78. The van der Waals surface area contributed by atoms with Gasteiger partial charge in [-0.2, -0.15) is 0 Å². The van der Waals surface area contributed by atoms with E-state index >= 15 is 0 Å². The molecule has 0 spiro atoms. The van der Waals surface area contributed by atoms with Crippen LogP contribution in [0.2, 0.25) is 0 Å². The average molecular weight is 297 g/mol. The zero-order valence-corrected chi connectivity index (χ0v) is 13.6. The number of aromatic nitrogens is 1. The molecule has 6 heteroatoms. The van der Waals surface area contributed by atoms with Crippen LogP contribution < -0.4 is 4.90 Å². The molecule has 1 N–H and O–H groups in total. The molecule has 2 atom stereocenters. The fourth-order valence-corrected chi connectivity index (χ4v) is 3.86. The van der Waals surface area contributed by atoms with Gasteiger partial charge in [0.2, 0.25) is 0 Å². The van der Waals surface area contributed by atoms with E-state index in [0.29, 0.717) is 22.5 Å². The maximum absolute atomic E-state index is 11.3. The van der Waals surface area contributed by atoms with Gasteiger partial charge in [0, 0.05) is 19.1 Å². The average Bonchev–Trinajstić information content (AvgIpc) is 2.91. The summed E-state index contributed by atoms with van der Waals surface area (Å²) in [5.74, 6) is -0.172. The largest absolute Gasteiger partial charge is 0.477 e. The van der Waals surface area contributed by atoms with Gasteiger partial charge in [-0.3, -0.25) is 0 Å². The molecule has 0 radical (unpaired) electrons. The van der Waals surface area contributed by atoms with E-state index in [2.05, 4.69) is 35.8 Å². The number of hydrogen-bond acceptors (Lipinski definition) is 5. The highest BCUT2D eigenvalue weighted by molar-refractivity contribution is 7.17. The Hall–Kier alpha value is -1.14. The van der Waals surface area contributed by atoms with Gasteiger partial charge in [-0.15, -0.1) is 0 Å². The van der Waals surface area contributed by atoms with Crippen molar-refractivity contribution in [2.24, 2.45) is 5.92 Å². The zero-order valence-electron chi connectivity index (χ0n) is 12.8. The van der Waals surface area contributed by atoms with Gasteiger partial charge in [-0.05, 0) is 25.9 Å². The Balaban J connectivity index is 2.26. The summed E-state index contributed by atoms with van der Waals surface area (Å²) in [4.78, 5) is 20.8. The van der Waals surface area contributed by atoms with E-state index in [9.17, 15) is 9.90 Å². The topological polar surface area (TPSA) is 56.7 Å². The minimum Gasteiger partial charge on any atom is -0.477 e. The first kappa shape index (κ1) is 15.3. The molecule has 5 nitrogen and oxygen atoms in total. The number of rotatable bonds is 4. The number of carboxylic acids is 1. The summed E-state index contributed by atoms with van der Waals surface area (Å²) in [5.41, 5.74) is 0.707. The van der Waals surface area contributed by atoms with Crippen LogP contribution in [-0.4, -0.2) is 54.2 Å². The third-order valence-electron chi connectivity index (χ3n) is 3.89. The van der Waals surface area contributed by atoms with E-state index in [4.69, 9.17) is 0 Å². The Labute approximate surface area is 124 Å². The van der Waals surface area contributed by atoms with E-state index < -0.39 is 5.97 Å². The van der Waals surface area contributed by atoms with Gasteiger partial charge in [0.05, 0.1) is 5.69 Å². The molecule has 1 saturated heterocycles. The number of carboxylic acid groups (broad SMARTS) is 1. The lowest BCUT2D eigenvalue weighted by molar-refractivity contribution is 0.0700.